The Morgan fingerprint density at radius 3 is 2.58 bits per heavy atom. The Hall–Kier alpha value is -1.30. The molecule has 0 aromatic heterocycles. The molecule has 0 unspecified atom stereocenters. The average molecular weight is 286 g/mol. The van der Waals surface area contributed by atoms with Crippen molar-refractivity contribution in [2.75, 3.05) is 16.2 Å². The van der Waals surface area contributed by atoms with Gasteiger partial charge in [-0.25, -0.2) is 12.8 Å². The van der Waals surface area contributed by atoms with E-state index < -0.39 is 15.8 Å². The summed E-state index contributed by atoms with van der Waals surface area (Å²) in [6.45, 7) is 0. The van der Waals surface area contributed by atoms with Gasteiger partial charge in [0.2, 0.25) is 10.0 Å². The molecular formula is C13H19FN2O2S. The van der Waals surface area contributed by atoms with E-state index in [1.165, 1.54) is 18.6 Å². The van der Waals surface area contributed by atoms with E-state index in [-0.39, 0.29) is 23.0 Å². The normalized spacial score (nSPS) is 17.3. The summed E-state index contributed by atoms with van der Waals surface area (Å²) in [5.41, 5.74) is 5.66. The van der Waals surface area contributed by atoms with Gasteiger partial charge >= 0.3 is 0 Å². The van der Waals surface area contributed by atoms with Crippen molar-refractivity contribution in [2.45, 2.75) is 32.1 Å². The molecule has 1 aromatic rings. The van der Waals surface area contributed by atoms with Gasteiger partial charge in [0.25, 0.3) is 0 Å². The summed E-state index contributed by atoms with van der Waals surface area (Å²) in [6.07, 6.45) is 5.21. The Balaban J connectivity index is 2.03. The summed E-state index contributed by atoms with van der Waals surface area (Å²) < 4.78 is 39.8. The van der Waals surface area contributed by atoms with Crippen LogP contribution in [0.4, 0.5) is 15.8 Å². The maximum atomic E-state index is 13.6. The summed E-state index contributed by atoms with van der Waals surface area (Å²) in [5.74, 6) is -0.396. The highest BCUT2D eigenvalue weighted by atomic mass is 32.2. The fraction of sp³-hybridized carbons (Fsp3) is 0.538. The Bertz CT molecular complexity index is 540. The van der Waals surface area contributed by atoms with Crippen LogP contribution in [0, 0.1) is 11.7 Å². The third-order valence-electron chi connectivity index (χ3n) is 3.44. The number of benzene rings is 1. The standard InChI is InChI=1S/C13H19FN2O2S/c14-12-8-11(15)6-7-13(12)16-19(17,18)9-10-4-2-1-3-5-10/h6-8,10,16H,1-5,9,15H2. The topological polar surface area (TPSA) is 72.2 Å². The molecule has 4 nitrogen and oxygen atoms in total. The Morgan fingerprint density at radius 2 is 1.95 bits per heavy atom. The van der Waals surface area contributed by atoms with E-state index in [0.29, 0.717) is 0 Å². The molecule has 106 valence electrons. The van der Waals surface area contributed by atoms with Gasteiger partial charge in [0, 0.05) is 5.69 Å². The number of nitrogens with two attached hydrogens (primary N) is 1. The lowest BCUT2D eigenvalue weighted by Crippen LogP contribution is -2.24. The van der Waals surface area contributed by atoms with Crippen LogP contribution in [0.15, 0.2) is 18.2 Å². The molecule has 19 heavy (non-hydrogen) atoms. The molecule has 0 atom stereocenters. The minimum atomic E-state index is -3.50. The third-order valence-corrected chi connectivity index (χ3v) is 4.88. The van der Waals surface area contributed by atoms with Gasteiger partial charge in [-0.15, -0.1) is 0 Å². The van der Waals surface area contributed by atoms with Crippen molar-refractivity contribution in [3.8, 4) is 0 Å². The molecule has 0 heterocycles. The Kier molecular flexibility index (Phi) is 4.29. The van der Waals surface area contributed by atoms with Gasteiger partial charge < -0.3 is 5.73 Å². The molecule has 3 N–H and O–H groups in total. The van der Waals surface area contributed by atoms with Crippen molar-refractivity contribution < 1.29 is 12.8 Å². The van der Waals surface area contributed by atoms with E-state index in [1.54, 1.807) is 0 Å². The van der Waals surface area contributed by atoms with Gasteiger partial charge in [-0.1, -0.05) is 19.3 Å². The summed E-state index contributed by atoms with van der Waals surface area (Å²) in [5, 5.41) is 0. The smallest absolute Gasteiger partial charge is 0.233 e. The molecule has 0 bridgehead atoms. The van der Waals surface area contributed by atoms with Crippen LogP contribution >= 0.6 is 0 Å². The molecule has 1 fully saturated rings. The fourth-order valence-corrected chi connectivity index (χ4v) is 4.03. The lowest BCUT2D eigenvalue weighted by Gasteiger charge is -2.21. The summed E-state index contributed by atoms with van der Waals surface area (Å²) in [4.78, 5) is 0. The molecule has 6 heteroatoms. The minimum absolute atomic E-state index is 0.0370. The zero-order chi connectivity index (χ0) is 13.9. The van der Waals surface area contributed by atoms with E-state index in [1.807, 2.05) is 0 Å². The van der Waals surface area contributed by atoms with E-state index in [0.717, 1.165) is 31.7 Å². The predicted octanol–water partition coefficient (Wildman–Crippen LogP) is 2.73. The second-order valence-corrected chi connectivity index (χ2v) is 6.89. The first-order valence-electron chi connectivity index (χ1n) is 6.52. The molecule has 0 aliphatic heterocycles. The molecule has 1 aliphatic rings. The summed E-state index contributed by atoms with van der Waals surface area (Å²) in [7, 11) is -3.50. The van der Waals surface area contributed by atoms with Crippen molar-refractivity contribution >= 4 is 21.4 Å². The Morgan fingerprint density at radius 1 is 1.26 bits per heavy atom. The highest BCUT2D eigenvalue weighted by Crippen LogP contribution is 2.26. The van der Waals surface area contributed by atoms with Crippen LogP contribution < -0.4 is 10.5 Å². The number of nitrogens with one attached hydrogen (secondary N) is 1. The first-order chi connectivity index (χ1) is 8.96. The van der Waals surface area contributed by atoms with E-state index in [4.69, 9.17) is 5.73 Å². The van der Waals surface area contributed by atoms with Gasteiger partial charge in [0.1, 0.15) is 5.82 Å². The van der Waals surface area contributed by atoms with Crippen LogP contribution in [0.2, 0.25) is 0 Å². The SMILES string of the molecule is Nc1ccc(NS(=O)(=O)CC2CCCCC2)c(F)c1. The van der Waals surface area contributed by atoms with Gasteiger partial charge in [0.15, 0.2) is 0 Å². The average Bonchev–Trinajstić information content (AvgIpc) is 2.33. The van der Waals surface area contributed by atoms with Gasteiger partial charge in [-0.05, 0) is 37.0 Å². The Labute approximate surface area is 113 Å². The molecule has 0 radical (unpaired) electrons. The van der Waals surface area contributed by atoms with Gasteiger partial charge in [-0.2, -0.15) is 0 Å². The number of halogens is 1. The number of sulfonamides is 1. The number of rotatable bonds is 4. The largest absolute Gasteiger partial charge is 0.399 e. The third kappa shape index (κ3) is 4.09. The lowest BCUT2D eigenvalue weighted by atomic mass is 9.91. The highest BCUT2D eigenvalue weighted by Gasteiger charge is 2.22. The van der Waals surface area contributed by atoms with E-state index in [2.05, 4.69) is 4.72 Å². The molecule has 1 aliphatic carbocycles. The number of hydrogen-bond acceptors (Lipinski definition) is 3. The molecular weight excluding hydrogens is 267 g/mol. The van der Waals surface area contributed by atoms with Crippen LogP contribution in [-0.4, -0.2) is 14.2 Å². The monoisotopic (exact) mass is 286 g/mol. The zero-order valence-corrected chi connectivity index (χ0v) is 11.5. The van der Waals surface area contributed by atoms with E-state index in [9.17, 15) is 12.8 Å². The maximum absolute atomic E-state index is 13.6. The van der Waals surface area contributed by atoms with Crippen molar-refractivity contribution in [1.29, 1.82) is 0 Å². The van der Waals surface area contributed by atoms with Crippen molar-refractivity contribution in [1.82, 2.24) is 0 Å². The zero-order valence-electron chi connectivity index (χ0n) is 10.7. The fourth-order valence-electron chi connectivity index (χ4n) is 2.49. The van der Waals surface area contributed by atoms with Gasteiger partial charge in [-0.3, -0.25) is 4.72 Å². The highest BCUT2D eigenvalue weighted by molar-refractivity contribution is 7.92. The van der Waals surface area contributed by atoms with Crippen LogP contribution in [0.3, 0.4) is 0 Å². The van der Waals surface area contributed by atoms with Crippen LogP contribution in [-0.2, 0) is 10.0 Å². The molecule has 0 amide bonds. The molecule has 0 spiro atoms. The molecule has 1 saturated carbocycles. The molecule has 0 saturated heterocycles. The van der Waals surface area contributed by atoms with Crippen molar-refractivity contribution in [3.05, 3.63) is 24.0 Å². The van der Waals surface area contributed by atoms with Crippen molar-refractivity contribution in [2.24, 2.45) is 5.92 Å². The van der Waals surface area contributed by atoms with E-state index >= 15 is 0 Å². The van der Waals surface area contributed by atoms with Crippen LogP contribution in [0.1, 0.15) is 32.1 Å². The molecule has 2 rings (SSSR count). The van der Waals surface area contributed by atoms with Crippen LogP contribution in [0.25, 0.3) is 0 Å². The first kappa shape index (κ1) is 14.1. The molecule has 1 aromatic carbocycles. The number of anilines is 2. The summed E-state index contributed by atoms with van der Waals surface area (Å²) in [6, 6.07) is 3.93. The lowest BCUT2D eigenvalue weighted by molar-refractivity contribution is 0.385. The number of hydrogen-bond donors (Lipinski definition) is 2. The van der Waals surface area contributed by atoms with Gasteiger partial charge in [0.05, 0.1) is 11.4 Å². The first-order valence-corrected chi connectivity index (χ1v) is 8.17. The number of nitrogen functional groups attached to an aromatic ring is 1. The second-order valence-electron chi connectivity index (χ2n) is 5.13. The second kappa shape index (κ2) is 5.77. The summed E-state index contributed by atoms with van der Waals surface area (Å²) >= 11 is 0. The van der Waals surface area contributed by atoms with Crippen LogP contribution in [0.5, 0.6) is 0 Å². The predicted molar refractivity (Wildman–Crippen MR) is 74.8 cm³/mol. The quantitative estimate of drug-likeness (QED) is 0.836. The minimum Gasteiger partial charge on any atom is -0.399 e. The van der Waals surface area contributed by atoms with Crippen molar-refractivity contribution in [3.63, 3.8) is 0 Å². The maximum Gasteiger partial charge on any atom is 0.233 e.